The number of nitriles is 1. The SMILES string of the molecule is C=CCOCC(Cn1c(=O)n(CC2CO2)c(=O)n(CC2CO2)c1=O)OC(=O)NCCC[Si](OCC)(OCC)OCC.C=CCOCC(O)Cn1c(=O)n(CC2CO2)c(=O)n(CC2CO2)c1=O.CCO[Si](CCCOC#N)(OCC)OCC.O=c1n(CC2CO2)c(=O)n(CC2CO2)c(=O)n1CC1CO1. The zero-order valence-electron chi connectivity index (χ0n) is 59.3. The summed E-state index contributed by atoms with van der Waals surface area (Å²) in [7, 11) is -5.39. The minimum Gasteiger partial charge on any atom is -0.442 e. The van der Waals surface area contributed by atoms with Crippen LogP contribution in [0.4, 0.5) is 4.79 Å². The highest BCUT2D eigenvalue weighted by molar-refractivity contribution is 6.61. The van der Waals surface area contributed by atoms with Crippen LogP contribution in [0.3, 0.4) is 0 Å². The highest BCUT2D eigenvalue weighted by Gasteiger charge is 2.42. The van der Waals surface area contributed by atoms with E-state index in [4.69, 9.17) is 79.2 Å². The van der Waals surface area contributed by atoms with Gasteiger partial charge in [-0.2, -0.15) is 5.26 Å². The number of amides is 1. The molecule has 10 heterocycles. The Morgan fingerprint density at radius 2 is 0.748 bits per heavy atom. The van der Waals surface area contributed by atoms with Crippen LogP contribution in [-0.2, 0) is 138 Å². The van der Waals surface area contributed by atoms with E-state index in [0.717, 1.165) is 41.1 Å². The van der Waals surface area contributed by atoms with Crippen molar-refractivity contribution in [3.8, 4) is 6.26 Å². The summed E-state index contributed by atoms with van der Waals surface area (Å²) in [4.78, 5) is 127. The standard InChI is InChI=1S/C25H42N4O11Si.C15H21N3O7.C12H15N3O6.C10H21NO4Si/c1-5-11-34-16-21(40-22(30)26-10-9-12-41(37-6-2,38-7-3)39-8-4)15-29-24(32)27(13-19-17-35-19)23(31)28(25(29)33)14-20-18-36-20;1-2-3-23-7-10(19)4-16-13(20)17(5-11-8-24-11)15(22)18(14(16)21)6-12-9-25-12;16-10-13(1-7-4-19-7)11(17)15(3-9-6-21-9)12(18)14(10)2-8-5-20-8;1-4-13-16(14-5-2,15-6-3)9-7-8-12-10-11/h5,19-21H,1,6-18H2,2-4H3,(H,26,30);2,10-12,19H,1,3-9H2;7-9H,1-6H2;4-9H2,1-3H3. The molecule has 7 saturated heterocycles. The van der Waals surface area contributed by atoms with Gasteiger partial charge in [0.15, 0.2) is 0 Å². The molecule has 7 aliphatic heterocycles. The van der Waals surface area contributed by atoms with Crippen molar-refractivity contribution in [1.29, 1.82) is 5.26 Å². The second-order valence-corrected chi connectivity index (χ2v) is 29.6. The van der Waals surface area contributed by atoms with E-state index in [9.17, 15) is 53.1 Å². The highest BCUT2D eigenvalue weighted by Crippen LogP contribution is 2.20. The molecular formula is C62H99N11O28Si2. The molecule has 7 fully saturated rings. The van der Waals surface area contributed by atoms with Gasteiger partial charge in [0, 0.05) is 58.3 Å². The predicted molar refractivity (Wildman–Crippen MR) is 364 cm³/mol. The molecule has 3 aromatic rings. The Hall–Kier alpha value is -6.94. The monoisotopic (exact) mass is 1500 g/mol. The Balaban J connectivity index is 0.000000205. The number of aliphatic hydroxyl groups is 1. The number of hydrogen-bond donors (Lipinski definition) is 2. The molecule has 2 N–H and O–H groups in total. The van der Waals surface area contributed by atoms with Crippen LogP contribution in [0.25, 0.3) is 0 Å². The number of alkyl carbamates (subject to hydrolysis) is 1. The highest BCUT2D eigenvalue weighted by atomic mass is 28.4. The fourth-order valence-electron chi connectivity index (χ4n) is 10.4. The van der Waals surface area contributed by atoms with E-state index < -0.39 is 87.1 Å². The van der Waals surface area contributed by atoms with Gasteiger partial charge in [0.25, 0.3) is 6.26 Å². The van der Waals surface area contributed by atoms with Gasteiger partial charge in [-0.15, -0.1) is 13.2 Å². The van der Waals surface area contributed by atoms with Gasteiger partial charge in [-0.1, -0.05) is 12.2 Å². The molecule has 7 aliphatic rings. The van der Waals surface area contributed by atoms with Gasteiger partial charge in [0.1, 0.15) is 12.7 Å². The van der Waals surface area contributed by atoms with Gasteiger partial charge >= 0.3 is 74.9 Å². The zero-order chi connectivity index (χ0) is 74.6. The molecule has 0 aromatic carbocycles. The molecule has 9 atom stereocenters. The summed E-state index contributed by atoms with van der Waals surface area (Å²) in [6.45, 7) is 25.9. The van der Waals surface area contributed by atoms with E-state index in [1.54, 1.807) is 6.26 Å². The van der Waals surface area contributed by atoms with Gasteiger partial charge in [-0.3, -0.25) is 0 Å². The lowest BCUT2D eigenvalue weighted by molar-refractivity contribution is 0.0185. The molecule has 9 unspecified atom stereocenters. The molecule has 39 nitrogen and oxygen atoms in total. The van der Waals surface area contributed by atoms with E-state index in [1.165, 1.54) is 12.2 Å². The van der Waals surface area contributed by atoms with Crippen LogP contribution in [0, 0.1) is 11.5 Å². The lowest BCUT2D eigenvalue weighted by atomic mass is 10.3. The molecular weight excluding hydrogens is 1400 g/mol. The summed E-state index contributed by atoms with van der Waals surface area (Å²) in [5.74, 6) is 0. The Bertz CT molecular complexity index is 3560. The van der Waals surface area contributed by atoms with E-state index >= 15 is 0 Å². The number of nitrogens with zero attached hydrogens (tertiary/aromatic N) is 10. The van der Waals surface area contributed by atoms with Crippen LogP contribution in [0.2, 0.25) is 12.1 Å². The third-order valence-corrected chi connectivity index (χ3v) is 22.0. The van der Waals surface area contributed by atoms with Crippen LogP contribution >= 0.6 is 0 Å². The fourth-order valence-corrected chi connectivity index (χ4v) is 15.5. The quantitative estimate of drug-likeness (QED) is 0.0182. The topological polar surface area (TPSA) is 451 Å². The summed E-state index contributed by atoms with van der Waals surface area (Å²) in [6.07, 6.45) is 1.74. The molecule has 0 radical (unpaired) electrons. The Morgan fingerprint density at radius 3 is 1.02 bits per heavy atom. The number of carbonyl (C=O) groups is 1. The molecule has 0 aliphatic carbocycles. The smallest absolute Gasteiger partial charge is 0.442 e. The Labute approximate surface area is 593 Å². The number of carbonyl (C=O) groups excluding carboxylic acids is 1. The van der Waals surface area contributed by atoms with Gasteiger partial charge in [-0.05, 0) is 54.4 Å². The Morgan fingerprint density at radius 1 is 0.476 bits per heavy atom. The van der Waals surface area contributed by atoms with Crippen molar-refractivity contribution in [2.75, 3.05) is 125 Å². The first kappa shape index (κ1) is 83.3. The number of ether oxygens (including phenoxy) is 11. The normalized spacial score (nSPS) is 20.6. The molecule has 578 valence electrons. The maximum Gasteiger partial charge on any atom is 0.501 e. The molecule has 41 heteroatoms. The minimum atomic E-state index is -2.86. The van der Waals surface area contributed by atoms with Gasteiger partial charge in [0.2, 0.25) is 0 Å². The number of nitrogens with one attached hydrogen (secondary N) is 1. The van der Waals surface area contributed by atoms with Crippen LogP contribution in [0.15, 0.2) is 68.5 Å². The number of rotatable bonds is 47. The van der Waals surface area contributed by atoms with Gasteiger partial charge in [0.05, 0.1) is 180 Å². The van der Waals surface area contributed by atoms with Crippen LogP contribution in [-0.4, -0.2) is 250 Å². The maximum absolute atomic E-state index is 13.2. The molecule has 0 spiro atoms. The van der Waals surface area contributed by atoms with Crippen LogP contribution in [0.5, 0.6) is 0 Å². The average molecular weight is 1500 g/mol. The molecule has 0 bridgehead atoms. The van der Waals surface area contributed by atoms with E-state index in [1.807, 2.05) is 41.5 Å². The fraction of sp³-hybridized carbons (Fsp3) is 0.758. The first-order chi connectivity index (χ1) is 49.6. The summed E-state index contributed by atoms with van der Waals surface area (Å²) in [6, 6.07) is 1.19. The van der Waals surface area contributed by atoms with Crippen molar-refractivity contribution >= 4 is 23.7 Å². The largest absolute Gasteiger partial charge is 0.501 e. The summed E-state index contributed by atoms with van der Waals surface area (Å²) >= 11 is 0. The van der Waals surface area contributed by atoms with Crippen molar-refractivity contribution in [3.63, 3.8) is 0 Å². The molecule has 103 heavy (non-hydrogen) atoms. The number of aromatic nitrogens is 9. The number of aliphatic hydroxyl groups excluding tert-OH is 1. The third kappa shape index (κ3) is 26.9. The molecule has 1 amide bonds. The first-order valence-electron chi connectivity index (χ1n) is 34.6. The van der Waals surface area contributed by atoms with Crippen LogP contribution < -0.4 is 56.5 Å². The van der Waals surface area contributed by atoms with Crippen molar-refractivity contribution in [2.45, 2.75) is 180 Å². The van der Waals surface area contributed by atoms with Gasteiger partial charge < -0.3 is 89.1 Å². The van der Waals surface area contributed by atoms with Crippen molar-refractivity contribution in [3.05, 3.63) is 120 Å². The number of hydrogen-bond acceptors (Lipinski definition) is 29. The average Bonchev–Trinajstić information content (AvgIpc) is 1.58. The predicted octanol–water partition coefficient (Wildman–Crippen LogP) is -3.47. The summed E-state index contributed by atoms with van der Waals surface area (Å²) in [5.41, 5.74) is -6.35. The Kier molecular flexibility index (Phi) is 33.7. The van der Waals surface area contributed by atoms with E-state index in [-0.39, 0.29) is 135 Å². The first-order valence-corrected chi connectivity index (χ1v) is 38.5. The zero-order valence-corrected chi connectivity index (χ0v) is 61.3. The van der Waals surface area contributed by atoms with E-state index in [2.05, 4.69) is 23.2 Å². The molecule has 10 rings (SSSR count). The number of epoxide rings is 7. The summed E-state index contributed by atoms with van der Waals surface area (Å²) in [5, 5.41) is 20.9. The lowest BCUT2D eigenvalue weighted by Crippen LogP contribution is -2.56. The van der Waals surface area contributed by atoms with Crippen molar-refractivity contribution < 1.29 is 88.6 Å². The lowest BCUT2D eigenvalue weighted by Gasteiger charge is -2.28. The van der Waals surface area contributed by atoms with Crippen LogP contribution in [0.1, 0.15) is 54.4 Å². The summed E-state index contributed by atoms with van der Waals surface area (Å²) < 4.78 is 99.8. The molecule has 3 aromatic heterocycles. The second-order valence-electron chi connectivity index (χ2n) is 24.1. The van der Waals surface area contributed by atoms with Gasteiger partial charge in [-0.25, -0.2) is 89.0 Å². The maximum atomic E-state index is 13.2. The van der Waals surface area contributed by atoms with Crippen molar-refractivity contribution in [2.24, 2.45) is 0 Å². The minimum absolute atomic E-state index is 0.0124. The van der Waals surface area contributed by atoms with Crippen molar-refractivity contribution in [1.82, 2.24) is 46.4 Å². The third-order valence-electron chi connectivity index (χ3n) is 15.7. The second kappa shape index (κ2) is 41.7. The van der Waals surface area contributed by atoms with E-state index in [0.29, 0.717) is 117 Å². The molecule has 0 saturated carbocycles.